The topological polar surface area (TPSA) is 60.5 Å². The smallest absolute Gasteiger partial charge is 0.289 e. The number of hydrogen-bond donors (Lipinski definition) is 0. The third kappa shape index (κ3) is 4.78. The number of carbonyl (C=O) groups excluding carboxylic acids is 1. The van der Waals surface area contributed by atoms with Gasteiger partial charge in [0.25, 0.3) is 5.91 Å². The van der Waals surface area contributed by atoms with Crippen molar-refractivity contribution in [3.8, 4) is 6.07 Å². The van der Waals surface area contributed by atoms with Crippen molar-refractivity contribution in [2.24, 2.45) is 0 Å². The van der Waals surface area contributed by atoms with E-state index in [4.69, 9.17) is 4.42 Å². The van der Waals surface area contributed by atoms with E-state index in [0.29, 0.717) is 43.9 Å². The molecule has 1 aromatic heterocycles. The summed E-state index contributed by atoms with van der Waals surface area (Å²) in [7, 11) is 0. The Bertz CT molecular complexity index is 1370. The van der Waals surface area contributed by atoms with E-state index in [1.54, 1.807) is 0 Å². The van der Waals surface area contributed by atoms with Crippen molar-refractivity contribution >= 4 is 11.6 Å². The van der Waals surface area contributed by atoms with Crippen molar-refractivity contribution in [2.75, 3.05) is 31.1 Å². The Morgan fingerprint density at radius 3 is 2.27 bits per heavy atom. The van der Waals surface area contributed by atoms with Gasteiger partial charge in [0.05, 0.1) is 11.3 Å². The zero-order valence-electron chi connectivity index (χ0n) is 22.7. The van der Waals surface area contributed by atoms with Crippen LogP contribution in [0.15, 0.2) is 52.9 Å². The second-order valence-corrected chi connectivity index (χ2v) is 11.9. The van der Waals surface area contributed by atoms with Crippen LogP contribution in [0.3, 0.4) is 0 Å². The fourth-order valence-corrected chi connectivity index (χ4v) is 5.88. The average molecular weight is 496 g/mol. The lowest BCUT2D eigenvalue weighted by molar-refractivity contribution is 0.0713. The maximum atomic E-state index is 13.2. The van der Waals surface area contributed by atoms with Crippen LogP contribution in [-0.2, 0) is 17.3 Å². The number of benzene rings is 2. The maximum Gasteiger partial charge on any atom is 0.289 e. The number of furan rings is 1. The molecular formula is C32H37N3O2. The summed E-state index contributed by atoms with van der Waals surface area (Å²) in [5.41, 5.74) is 7.42. The molecule has 2 heterocycles. The van der Waals surface area contributed by atoms with Crippen molar-refractivity contribution in [3.63, 3.8) is 0 Å². The molecule has 1 aliphatic carbocycles. The van der Waals surface area contributed by atoms with Crippen LogP contribution in [0.4, 0.5) is 5.69 Å². The number of amides is 1. The number of hydrogen-bond acceptors (Lipinski definition) is 4. The van der Waals surface area contributed by atoms with E-state index in [2.05, 4.69) is 57.7 Å². The third-order valence-corrected chi connectivity index (χ3v) is 8.48. The van der Waals surface area contributed by atoms with Crippen molar-refractivity contribution < 1.29 is 9.21 Å². The monoisotopic (exact) mass is 495 g/mol. The number of anilines is 1. The Labute approximate surface area is 220 Å². The van der Waals surface area contributed by atoms with Crippen molar-refractivity contribution in [1.29, 1.82) is 5.26 Å². The lowest BCUT2D eigenvalue weighted by atomic mass is 9.62. The van der Waals surface area contributed by atoms with Gasteiger partial charge in [-0.1, -0.05) is 52.0 Å². The number of nitrogens with zero attached hydrogens (tertiary/aromatic N) is 3. The highest BCUT2D eigenvalue weighted by atomic mass is 16.4. The molecule has 0 N–H and O–H groups in total. The normalized spacial score (nSPS) is 18.3. The molecule has 192 valence electrons. The Morgan fingerprint density at radius 1 is 0.946 bits per heavy atom. The average Bonchev–Trinajstić information content (AvgIpc) is 3.36. The number of aryl methyl sites for hydroxylation is 1. The number of para-hydroxylation sites is 1. The van der Waals surface area contributed by atoms with Gasteiger partial charge in [-0.3, -0.25) is 4.79 Å². The number of piperazine rings is 1. The fraction of sp³-hybridized carbons (Fsp3) is 0.438. The molecule has 0 bridgehead atoms. The Hall–Kier alpha value is -3.52. The highest BCUT2D eigenvalue weighted by Crippen LogP contribution is 2.46. The summed E-state index contributed by atoms with van der Waals surface area (Å²) in [6.45, 7) is 14.2. The fourth-order valence-electron chi connectivity index (χ4n) is 5.88. The van der Waals surface area contributed by atoms with Gasteiger partial charge in [0.15, 0.2) is 5.76 Å². The second-order valence-electron chi connectivity index (χ2n) is 11.9. The summed E-state index contributed by atoms with van der Waals surface area (Å²) in [5, 5.41) is 9.42. The molecular weight excluding hydrogens is 458 g/mol. The van der Waals surface area contributed by atoms with E-state index in [9.17, 15) is 10.1 Å². The van der Waals surface area contributed by atoms with Crippen LogP contribution < -0.4 is 4.90 Å². The van der Waals surface area contributed by atoms with Crippen LogP contribution in [0.5, 0.6) is 0 Å². The zero-order valence-corrected chi connectivity index (χ0v) is 22.7. The quantitative estimate of drug-likeness (QED) is 0.422. The molecule has 3 aromatic rings. The lowest BCUT2D eigenvalue weighted by Gasteiger charge is -2.42. The Balaban J connectivity index is 1.28. The molecule has 2 aliphatic rings. The van der Waals surface area contributed by atoms with E-state index in [1.807, 2.05) is 41.3 Å². The molecule has 0 saturated carbocycles. The Morgan fingerprint density at radius 2 is 1.59 bits per heavy atom. The van der Waals surface area contributed by atoms with Crippen LogP contribution >= 0.6 is 0 Å². The van der Waals surface area contributed by atoms with Crippen LogP contribution in [0.2, 0.25) is 0 Å². The minimum absolute atomic E-state index is 0.0653. The van der Waals surface area contributed by atoms with Gasteiger partial charge in [0.1, 0.15) is 11.8 Å². The molecule has 1 fully saturated rings. The molecule has 2 aromatic carbocycles. The predicted molar refractivity (Wildman–Crippen MR) is 147 cm³/mol. The van der Waals surface area contributed by atoms with Crippen molar-refractivity contribution in [3.05, 3.63) is 87.9 Å². The second kappa shape index (κ2) is 9.41. The largest absolute Gasteiger partial charge is 0.456 e. The minimum Gasteiger partial charge on any atom is -0.456 e. The van der Waals surface area contributed by atoms with Crippen LogP contribution in [0, 0.1) is 18.3 Å². The van der Waals surface area contributed by atoms with E-state index in [0.717, 1.165) is 11.4 Å². The minimum atomic E-state index is -0.0653. The highest BCUT2D eigenvalue weighted by molar-refractivity contribution is 5.91. The molecule has 1 aliphatic heterocycles. The summed E-state index contributed by atoms with van der Waals surface area (Å²) in [6, 6.07) is 18.4. The summed E-state index contributed by atoms with van der Waals surface area (Å²) in [5.74, 6) is 1.16. The van der Waals surface area contributed by atoms with Crippen molar-refractivity contribution in [1.82, 2.24) is 4.90 Å². The SMILES string of the molecule is Cc1cc2c(cc1Cc1ccc(C(=O)N3CCN(c4ccccc4C#N)CC3)o1)C(C)(C)CCC2(C)C. The van der Waals surface area contributed by atoms with E-state index < -0.39 is 0 Å². The molecule has 0 unspecified atom stereocenters. The lowest BCUT2D eigenvalue weighted by Crippen LogP contribution is -2.48. The van der Waals surface area contributed by atoms with Gasteiger partial charge in [0, 0.05) is 32.6 Å². The first-order valence-corrected chi connectivity index (χ1v) is 13.4. The first-order valence-electron chi connectivity index (χ1n) is 13.4. The number of fused-ring (bicyclic) bond motifs is 1. The summed E-state index contributed by atoms with van der Waals surface area (Å²) < 4.78 is 6.09. The molecule has 37 heavy (non-hydrogen) atoms. The molecule has 1 saturated heterocycles. The van der Waals surface area contributed by atoms with Crippen LogP contribution in [0.1, 0.15) is 84.7 Å². The predicted octanol–water partition coefficient (Wildman–Crippen LogP) is 6.36. The molecule has 0 atom stereocenters. The van der Waals surface area contributed by atoms with Gasteiger partial charge < -0.3 is 14.2 Å². The van der Waals surface area contributed by atoms with Crippen LogP contribution in [-0.4, -0.2) is 37.0 Å². The number of carbonyl (C=O) groups is 1. The third-order valence-electron chi connectivity index (χ3n) is 8.48. The molecule has 5 rings (SSSR count). The molecule has 5 heteroatoms. The number of rotatable bonds is 4. The van der Waals surface area contributed by atoms with E-state index in [-0.39, 0.29) is 16.7 Å². The van der Waals surface area contributed by atoms with Crippen molar-refractivity contribution in [2.45, 2.75) is 64.7 Å². The molecule has 5 nitrogen and oxygen atoms in total. The molecule has 0 radical (unpaired) electrons. The van der Waals surface area contributed by atoms with Gasteiger partial charge in [-0.15, -0.1) is 0 Å². The van der Waals surface area contributed by atoms with Crippen LogP contribution in [0.25, 0.3) is 0 Å². The van der Waals surface area contributed by atoms with E-state index >= 15 is 0 Å². The van der Waals surface area contributed by atoms with Gasteiger partial charge in [-0.2, -0.15) is 5.26 Å². The molecule has 0 spiro atoms. The van der Waals surface area contributed by atoms with Gasteiger partial charge in [0.2, 0.25) is 0 Å². The summed E-state index contributed by atoms with van der Waals surface area (Å²) in [6.07, 6.45) is 3.07. The van der Waals surface area contributed by atoms with Gasteiger partial charge in [-0.05, 0) is 77.1 Å². The summed E-state index contributed by atoms with van der Waals surface area (Å²) >= 11 is 0. The Kier molecular flexibility index (Phi) is 6.40. The van der Waals surface area contributed by atoms with Gasteiger partial charge in [-0.25, -0.2) is 0 Å². The first kappa shape index (κ1) is 25.1. The first-order chi connectivity index (χ1) is 17.6. The standard InChI is InChI=1S/C32H37N3O2/c1-22-18-26-27(32(4,5)13-12-31(26,2)3)20-24(22)19-25-10-11-29(37-25)30(36)35-16-14-34(15-17-35)28-9-7-6-8-23(28)21-33/h6-11,18,20H,12-17,19H2,1-5H3. The van der Waals surface area contributed by atoms with E-state index in [1.165, 1.54) is 35.1 Å². The number of nitriles is 1. The highest BCUT2D eigenvalue weighted by Gasteiger charge is 2.37. The zero-order chi connectivity index (χ0) is 26.4. The van der Waals surface area contributed by atoms with Gasteiger partial charge >= 0.3 is 0 Å². The summed E-state index contributed by atoms with van der Waals surface area (Å²) in [4.78, 5) is 17.2. The molecule has 1 amide bonds. The maximum absolute atomic E-state index is 13.2.